The molecule has 0 saturated carbocycles. The van der Waals surface area contributed by atoms with Gasteiger partial charge < -0.3 is 15.3 Å². The van der Waals surface area contributed by atoms with Crippen molar-refractivity contribution >= 4 is 11.6 Å². The summed E-state index contributed by atoms with van der Waals surface area (Å²) in [5, 5.41) is 13.4. The summed E-state index contributed by atoms with van der Waals surface area (Å²) < 4.78 is 13.4. The lowest BCUT2D eigenvalue weighted by Gasteiger charge is -2.39. The van der Waals surface area contributed by atoms with Gasteiger partial charge in [0, 0.05) is 18.2 Å². The van der Waals surface area contributed by atoms with Crippen LogP contribution in [0.15, 0.2) is 72.8 Å². The molecule has 3 atom stereocenters. The third-order valence-electron chi connectivity index (χ3n) is 6.57. The van der Waals surface area contributed by atoms with E-state index in [9.17, 15) is 14.3 Å². The zero-order chi connectivity index (χ0) is 21.4. The fourth-order valence-electron chi connectivity index (χ4n) is 5.04. The molecule has 2 heterocycles. The minimum Gasteiger partial charge on any atom is -0.394 e. The van der Waals surface area contributed by atoms with Crippen LogP contribution in [0.1, 0.15) is 23.6 Å². The molecule has 5 rings (SSSR count). The predicted molar refractivity (Wildman–Crippen MR) is 119 cm³/mol. The van der Waals surface area contributed by atoms with Gasteiger partial charge in [-0.05, 0) is 52.9 Å². The number of carbonyl (C=O) groups excluding carboxylic acids is 1. The van der Waals surface area contributed by atoms with Gasteiger partial charge in [-0.25, -0.2) is 4.39 Å². The van der Waals surface area contributed by atoms with Crippen LogP contribution in [-0.2, 0) is 11.2 Å². The summed E-state index contributed by atoms with van der Waals surface area (Å²) in [5.41, 5.74) is 4.94. The molecule has 0 spiro atoms. The summed E-state index contributed by atoms with van der Waals surface area (Å²) in [4.78, 5) is 15.2. The van der Waals surface area contributed by atoms with Crippen LogP contribution < -0.4 is 5.32 Å². The highest BCUT2D eigenvalue weighted by atomic mass is 19.1. The first-order valence-electron chi connectivity index (χ1n) is 10.7. The first kappa shape index (κ1) is 19.8. The molecule has 5 heteroatoms. The largest absolute Gasteiger partial charge is 0.394 e. The number of nitrogens with one attached hydrogen (secondary N) is 1. The lowest BCUT2D eigenvalue weighted by Crippen LogP contribution is -2.43. The quantitative estimate of drug-likeness (QED) is 0.662. The van der Waals surface area contributed by atoms with E-state index in [2.05, 4.69) is 11.4 Å². The molecule has 3 aromatic carbocycles. The molecule has 1 fully saturated rings. The average Bonchev–Trinajstić information content (AvgIpc) is 3.25. The number of anilines is 1. The molecular formula is C26H25FN2O2. The van der Waals surface area contributed by atoms with E-state index in [1.807, 2.05) is 47.4 Å². The van der Waals surface area contributed by atoms with Crippen molar-refractivity contribution in [3.8, 4) is 11.1 Å². The van der Waals surface area contributed by atoms with Crippen LogP contribution in [0.5, 0.6) is 0 Å². The summed E-state index contributed by atoms with van der Waals surface area (Å²) in [5.74, 6) is -0.00109. The number of rotatable bonds is 4. The number of benzene rings is 3. The van der Waals surface area contributed by atoms with Gasteiger partial charge in [-0.15, -0.1) is 0 Å². The van der Waals surface area contributed by atoms with E-state index in [0.29, 0.717) is 13.0 Å². The molecule has 0 aromatic heterocycles. The summed E-state index contributed by atoms with van der Waals surface area (Å²) in [7, 11) is 0. The Balaban J connectivity index is 1.51. The fourth-order valence-corrected chi connectivity index (χ4v) is 5.04. The molecule has 3 aromatic rings. The second-order valence-corrected chi connectivity index (χ2v) is 8.39. The summed E-state index contributed by atoms with van der Waals surface area (Å²) in [6.07, 6.45) is 1.22. The van der Waals surface area contributed by atoms with Crippen LogP contribution >= 0.6 is 0 Å². The van der Waals surface area contributed by atoms with Crippen molar-refractivity contribution in [1.29, 1.82) is 0 Å². The fraction of sp³-hybridized carbons (Fsp3) is 0.269. The van der Waals surface area contributed by atoms with E-state index in [4.69, 9.17) is 0 Å². The van der Waals surface area contributed by atoms with Crippen LogP contribution in [0.25, 0.3) is 11.1 Å². The van der Waals surface area contributed by atoms with Gasteiger partial charge in [-0.3, -0.25) is 4.79 Å². The molecule has 2 aliphatic heterocycles. The molecule has 0 unspecified atom stereocenters. The van der Waals surface area contributed by atoms with Crippen molar-refractivity contribution < 1.29 is 14.3 Å². The SMILES string of the molecule is O=C(Cc1ccccc1)N1CC[C@@H]2[C@H]1c1cc(-c3ccc(F)cc3)ccc1N[C@@H]2CO. The van der Waals surface area contributed by atoms with E-state index in [-0.39, 0.29) is 36.3 Å². The Bertz CT molecular complexity index is 1080. The first-order chi connectivity index (χ1) is 15.1. The van der Waals surface area contributed by atoms with Gasteiger partial charge in [0.1, 0.15) is 5.82 Å². The zero-order valence-electron chi connectivity index (χ0n) is 17.2. The Morgan fingerprint density at radius 1 is 1.03 bits per heavy atom. The summed E-state index contributed by atoms with van der Waals surface area (Å²) in [6.45, 7) is 0.709. The van der Waals surface area contributed by atoms with Crippen LogP contribution in [0, 0.1) is 11.7 Å². The van der Waals surface area contributed by atoms with Crippen molar-refractivity contribution in [2.75, 3.05) is 18.5 Å². The average molecular weight is 416 g/mol. The molecule has 0 bridgehead atoms. The van der Waals surface area contributed by atoms with E-state index < -0.39 is 0 Å². The van der Waals surface area contributed by atoms with Crippen molar-refractivity contribution in [1.82, 2.24) is 4.90 Å². The second-order valence-electron chi connectivity index (χ2n) is 8.39. The molecule has 158 valence electrons. The van der Waals surface area contributed by atoms with Gasteiger partial charge in [0.05, 0.1) is 25.1 Å². The Morgan fingerprint density at radius 3 is 2.52 bits per heavy atom. The van der Waals surface area contributed by atoms with Gasteiger partial charge in [0.15, 0.2) is 0 Å². The number of hydrogen-bond donors (Lipinski definition) is 2. The molecule has 0 aliphatic carbocycles. The van der Waals surface area contributed by atoms with Gasteiger partial charge in [0.25, 0.3) is 0 Å². The van der Waals surface area contributed by atoms with Crippen LogP contribution in [0.4, 0.5) is 10.1 Å². The summed E-state index contributed by atoms with van der Waals surface area (Å²) >= 11 is 0. The lowest BCUT2D eigenvalue weighted by molar-refractivity contribution is -0.131. The van der Waals surface area contributed by atoms with Gasteiger partial charge in [-0.2, -0.15) is 0 Å². The number of likely N-dealkylation sites (tertiary alicyclic amines) is 1. The first-order valence-corrected chi connectivity index (χ1v) is 10.7. The van der Waals surface area contributed by atoms with E-state index in [1.165, 1.54) is 12.1 Å². The molecule has 0 radical (unpaired) electrons. The van der Waals surface area contributed by atoms with Crippen LogP contribution in [0.3, 0.4) is 0 Å². The Labute approximate surface area is 181 Å². The number of carbonyl (C=O) groups is 1. The molecular weight excluding hydrogens is 391 g/mol. The summed E-state index contributed by atoms with van der Waals surface area (Å²) in [6, 6.07) is 22.2. The zero-order valence-corrected chi connectivity index (χ0v) is 17.2. The standard InChI is InChI=1S/C26H25FN2O2/c27-20-9-6-18(7-10-20)19-8-11-23-22(15-19)26-21(24(16-30)28-23)12-13-29(26)25(31)14-17-4-2-1-3-5-17/h1-11,15,21,24,26,28,30H,12-14,16H2/t21-,24+,26-/m0/s1. The maximum absolute atomic E-state index is 13.4. The lowest BCUT2D eigenvalue weighted by atomic mass is 9.82. The molecule has 4 nitrogen and oxygen atoms in total. The molecule has 2 N–H and O–H groups in total. The van der Waals surface area contributed by atoms with E-state index in [0.717, 1.165) is 34.4 Å². The topological polar surface area (TPSA) is 52.6 Å². The Kier molecular flexibility index (Phi) is 5.20. The van der Waals surface area contributed by atoms with E-state index >= 15 is 0 Å². The maximum Gasteiger partial charge on any atom is 0.227 e. The number of amides is 1. The van der Waals surface area contributed by atoms with Crippen LogP contribution in [-0.4, -0.2) is 35.1 Å². The van der Waals surface area contributed by atoms with Crippen molar-refractivity contribution in [3.63, 3.8) is 0 Å². The normalized spacial score (nSPS) is 21.9. The number of aliphatic hydroxyl groups is 1. The highest BCUT2D eigenvalue weighted by molar-refractivity contribution is 5.81. The third-order valence-corrected chi connectivity index (χ3v) is 6.57. The van der Waals surface area contributed by atoms with Crippen LogP contribution in [0.2, 0.25) is 0 Å². The smallest absolute Gasteiger partial charge is 0.227 e. The van der Waals surface area contributed by atoms with Crippen molar-refractivity contribution in [2.45, 2.75) is 24.9 Å². The Hall–Kier alpha value is -3.18. The number of halogens is 1. The highest BCUT2D eigenvalue weighted by Crippen LogP contribution is 2.47. The predicted octanol–water partition coefficient (Wildman–Crippen LogP) is 4.41. The van der Waals surface area contributed by atoms with Gasteiger partial charge in [-0.1, -0.05) is 48.5 Å². The third kappa shape index (κ3) is 3.70. The Morgan fingerprint density at radius 2 is 1.77 bits per heavy atom. The maximum atomic E-state index is 13.4. The minimum atomic E-state index is -0.261. The minimum absolute atomic E-state index is 0.0288. The molecule has 1 amide bonds. The van der Waals surface area contributed by atoms with Crippen molar-refractivity contribution in [2.24, 2.45) is 5.92 Å². The highest BCUT2D eigenvalue weighted by Gasteiger charge is 2.45. The number of nitrogens with zero attached hydrogens (tertiary/aromatic N) is 1. The van der Waals surface area contributed by atoms with Gasteiger partial charge >= 0.3 is 0 Å². The number of aliphatic hydroxyl groups excluding tert-OH is 1. The molecule has 31 heavy (non-hydrogen) atoms. The monoisotopic (exact) mass is 416 g/mol. The number of fused-ring (bicyclic) bond motifs is 3. The van der Waals surface area contributed by atoms with Gasteiger partial charge in [0.2, 0.25) is 5.91 Å². The van der Waals surface area contributed by atoms with Crippen molar-refractivity contribution in [3.05, 3.63) is 89.7 Å². The number of hydrogen-bond acceptors (Lipinski definition) is 3. The molecule has 2 aliphatic rings. The molecule has 1 saturated heterocycles. The van der Waals surface area contributed by atoms with E-state index in [1.54, 1.807) is 12.1 Å². The second kappa shape index (κ2) is 8.16.